The van der Waals surface area contributed by atoms with Crippen LogP contribution in [0.25, 0.3) is 0 Å². The third kappa shape index (κ3) is 4.45. The lowest BCUT2D eigenvalue weighted by Gasteiger charge is -2.08. The number of phenols is 2. The molecule has 0 radical (unpaired) electrons. The lowest BCUT2D eigenvalue weighted by atomic mass is 10.2. The van der Waals surface area contributed by atoms with Crippen LogP contribution in [0.5, 0.6) is 17.2 Å². The number of aromatic hydroxyl groups is 2. The van der Waals surface area contributed by atoms with E-state index >= 15 is 0 Å². The van der Waals surface area contributed by atoms with Gasteiger partial charge in [0.1, 0.15) is 17.2 Å². The minimum absolute atomic E-state index is 0.00700. The first-order chi connectivity index (χ1) is 12.6. The van der Waals surface area contributed by atoms with Crippen molar-refractivity contribution < 1.29 is 14.9 Å². The third-order valence-corrected chi connectivity index (χ3v) is 3.67. The highest BCUT2D eigenvalue weighted by Crippen LogP contribution is 2.22. The van der Waals surface area contributed by atoms with Crippen molar-refractivity contribution in [2.75, 3.05) is 17.9 Å². The Morgan fingerprint density at radius 2 is 1.46 bits per heavy atom. The van der Waals surface area contributed by atoms with E-state index in [4.69, 9.17) is 4.74 Å². The summed E-state index contributed by atoms with van der Waals surface area (Å²) in [5, 5.41) is 26.4. The first-order valence-corrected chi connectivity index (χ1v) is 7.96. The fourth-order valence-electron chi connectivity index (χ4n) is 2.29. The standard InChI is InChI=1S/C20H19N3O3/c1-26-19-10-7-16(8-11-19)22-15-3-5-17(6-4-15)23-21-13-14-2-9-18(24)12-20(14)25/h2-13,22-25H,1H3/b21-13+. The summed E-state index contributed by atoms with van der Waals surface area (Å²) in [6.07, 6.45) is 1.48. The lowest BCUT2D eigenvalue weighted by Crippen LogP contribution is -1.93. The summed E-state index contributed by atoms with van der Waals surface area (Å²) in [6.45, 7) is 0. The molecule has 0 amide bonds. The number of nitrogens with zero attached hydrogens (tertiary/aromatic N) is 1. The molecule has 0 bridgehead atoms. The van der Waals surface area contributed by atoms with Crippen LogP contribution in [0.3, 0.4) is 0 Å². The van der Waals surface area contributed by atoms with E-state index in [0.717, 1.165) is 22.8 Å². The number of phenolic OH excluding ortho intramolecular Hbond substituents is 2. The van der Waals surface area contributed by atoms with Crippen molar-refractivity contribution in [2.45, 2.75) is 0 Å². The van der Waals surface area contributed by atoms with E-state index in [2.05, 4.69) is 15.8 Å². The van der Waals surface area contributed by atoms with Crippen LogP contribution in [-0.2, 0) is 0 Å². The monoisotopic (exact) mass is 349 g/mol. The number of ether oxygens (including phenoxy) is 1. The summed E-state index contributed by atoms with van der Waals surface area (Å²) in [7, 11) is 1.64. The minimum Gasteiger partial charge on any atom is -0.508 e. The smallest absolute Gasteiger partial charge is 0.128 e. The second-order valence-corrected chi connectivity index (χ2v) is 5.54. The van der Waals surface area contributed by atoms with E-state index in [9.17, 15) is 10.2 Å². The van der Waals surface area contributed by atoms with E-state index in [1.54, 1.807) is 13.2 Å². The van der Waals surface area contributed by atoms with Gasteiger partial charge in [-0.3, -0.25) is 5.43 Å². The molecule has 0 aliphatic carbocycles. The van der Waals surface area contributed by atoms with Crippen molar-refractivity contribution in [2.24, 2.45) is 5.10 Å². The Morgan fingerprint density at radius 1 is 0.846 bits per heavy atom. The Labute approximate surface area is 151 Å². The number of nitrogens with one attached hydrogen (secondary N) is 2. The number of rotatable bonds is 6. The predicted octanol–water partition coefficient (Wildman–Crippen LogP) is 4.30. The van der Waals surface area contributed by atoms with Crippen molar-refractivity contribution >= 4 is 23.3 Å². The number of hydrogen-bond donors (Lipinski definition) is 4. The number of anilines is 3. The van der Waals surface area contributed by atoms with Crippen molar-refractivity contribution in [3.63, 3.8) is 0 Å². The summed E-state index contributed by atoms with van der Waals surface area (Å²) in [5.74, 6) is 0.787. The molecule has 0 saturated carbocycles. The Morgan fingerprint density at radius 3 is 2.08 bits per heavy atom. The van der Waals surface area contributed by atoms with Crippen LogP contribution in [0, 0.1) is 0 Å². The van der Waals surface area contributed by atoms with Gasteiger partial charge in [-0.2, -0.15) is 5.10 Å². The molecule has 0 atom stereocenters. The molecular formula is C20H19N3O3. The highest BCUT2D eigenvalue weighted by atomic mass is 16.5. The van der Waals surface area contributed by atoms with E-state index in [1.807, 2.05) is 48.5 Å². The van der Waals surface area contributed by atoms with E-state index < -0.39 is 0 Å². The maximum absolute atomic E-state index is 9.70. The van der Waals surface area contributed by atoms with Crippen LogP contribution in [-0.4, -0.2) is 23.5 Å². The Balaban J connectivity index is 1.59. The van der Waals surface area contributed by atoms with Gasteiger partial charge in [-0.05, 0) is 60.7 Å². The maximum atomic E-state index is 9.70. The highest BCUT2D eigenvalue weighted by molar-refractivity contribution is 5.84. The van der Waals surface area contributed by atoms with Gasteiger partial charge in [-0.1, -0.05) is 0 Å². The number of hydrazone groups is 1. The Kier molecular flexibility index (Phi) is 5.24. The van der Waals surface area contributed by atoms with Gasteiger partial charge in [0.05, 0.1) is 19.0 Å². The highest BCUT2D eigenvalue weighted by Gasteiger charge is 1.99. The van der Waals surface area contributed by atoms with Crippen LogP contribution >= 0.6 is 0 Å². The minimum atomic E-state index is -0.0328. The quantitative estimate of drug-likeness (QED) is 0.394. The second-order valence-electron chi connectivity index (χ2n) is 5.54. The molecule has 0 fully saturated rings. The Bertz CT molecular complexity index is 891. The molecule has 3 rings (SSSR count). The zero-order valence-corrected chi connectivity index (χ0v) is 14.2. The molecule has 0 saturated heterocycles. The van der Waals surface area contributed by atoms with Gasteiger partial charge < -0.3 is 20.3 Å². The molecule has 4 N–H and O–H groups in total. The van der Waals surface area contributed by atoms with E-state index in [-0.39, 0.29) is 11.5 Å². The SMILES string of the molecule is COc1ccc(Nc2ccc(N/N=C/c3ccc(O)cc3O)cc2)cc1. The molecular weight excluding hydrogens is 330 g/mol. The molecule has 6 nitrogen and oxygen atoms in total. The average molecular weight is 349 g/mol. The lowest BCUT2D eigenvalue weighted by molar-refractivity contribution is 0.415. The molecule has 6 heteroatoms. The van der Waals surface area contributed by atoms with Gasteiger partial charge in [0.2, 0.25) is 0 Å². The topological polar surface area (TPSA) is 86.1 Å². The number of benzene rings is 3. The fraction of sp³-hybridized carbons (Fsp3) is 0.0500. The average Bonchev–Trinajstić information content (AvgIpc) is 2.65. The van der Waals surface area contributed by atoms with E-state index in [0.29, 0.717) is 5.56 Å². The third-order valence-electron chi connectivity index (χ3n) is 3.67. The van der Waals surface area contributed by atoms with Gasteiger partial charge in [0.15, 0.2) is 0 Å². The predicted molar refractivity (Wildman–Crippen MR) is 104 cm³/mol. The van der Waals surface area contributed by atoms with Crippen molar-refractivity contribution in [1.82, 2.24) is 0 Å². The molecule has 26 heavy (non-hydrogen) atoms. The molecule has 0 aromatic heterocycles. The Hall–Kier alpha value is -3.67. The van der Waals surface area contributed by atoms with Crippen molar-refractivity contribution in [3.8, 4) is 17.2 Å². The van der Waals surface area contributed by atoms with Crippen molar-refractivity contribution in [1.29, 1.82) is 0 Å². The zero-order valence-electron chi connectivity index (χ0n) is 14.2. The molecule has 3 aromatic rings. The number of hydrogen-bond acceptors (Lipinski definition) is 6. The first-order valence-electron chi connectivity index (χ1n) is 7.96. The molecule has 3 aromatic carbocycles. The van der Waals surface area contributed by atoms with Crippen LogP contribution in [0.2, 0.25) is 0 Å². The summed E-state index contributed by atoms with van der Waals surface area (Å²) >= 11 is 0. The summed E-state index contributed by atoms with van der Waals surface area (Å²) < 4.78 is 5.14. The van der Waals surface area contributed by atoms with Gasteiger partial charge in [0, 0.05) is 23.0 Å². The first kappa shape index (κ1) is 17.2. The second kappa shape index (κ2) is 7.94. The summed E-state index contributed by atoms with van der Waals surface area (Å²) in [5.41, 5.74) is 6.12. The molecule has 0 spiro atoms. The summed E-state index contributed by atoms with van der Waals surface area (Å²) in [4.78, 5) is 0. The molecule has 132 valence electrons. The van der Waals surface area contributed by atoms with Crippen molar-refractivity contribution in [3.05, 3.63) is 72.3 Å². The van der Waals surface area contributed by atoms with Crippen LogP contribution in [0.4, 0.5) is 17.1 Å². The maximum Gasteiger partial charge on any atom is 0.128 e. The zero-order chi connectivity index (χ0) is 18.4. The van der Waals surface area contributed by atoms with Gasteiger partial charge in [-0.25, -0.2) is 0 Å². The van der Waals surface area contributed by atoms with Gasteiger partial charge in [0.25, 0.3) is 0 Å². The normalized spacial score (nSPS) is 10.7. The largest absolute Gasteiger partial charge is 0.508 e. The van der Waals surface area contributed by atoms with Gasteiger partial charge >= 0.3 is 0 Å². The molecule has 0 aliphatic rings. The van der Waals surface area contributed by atoms with Gasteiger partial charge in [-0.15, -0.1) is 0 Å². The van der Waals surface area contributed by atoms with E-state index in [1.165, 1.54) is 18.3 Å². The van der Waals surface area contributed by atoms with Crippen LogP contribution in [0.15, 0.2) is 71.8 Å². The van der Waals surface area contributed by atoms with Crippen LogP contribution in [0.1, 0.15) is 5.56 Å². The number of methoxy groups -OCH3 is 1. The van der Waals surface area contributed by atoms with Crippen LogP contribution < -0.4 is 15.5 Å². The molecule has 0 heterocycles. The summed E-state index contributed by atoms with van der Waals surface area (Å²) in [6, 6.07) is 19.6. The fourth-order valence-corrected chi connectivity index (χ4v) is 2.29. The molecule has 0 aliphatic heterocycles. The molecule has 0 unspecified atom stereocenters.